The van der Waals surface area contributed by atoms with E-state index in [2.05, 4.69) is 44.5 Å². The molecule has 0 bridgehead atoms. The summed E-state index contributed by atoms with van der Waals surface area (Å²) in [7, 11) is 0. The van der Waals surface area contributed by atoms with Crippen LogP contribution in [0.25, 0.3) is 0 Å². The van der Waals surface area contributed by atoms with Gasteiger partial charge in [-0.05, 0) is 41.8 Å². The van der Waals surface area contributed by atoms with E-state index in [1.165, 1.54) is 11.1 Å². The lowest BCUT2D eigenvalue weighted by Gasteiger charge is -2.30. The SMILES string of the molecule is O=C(NCc1ccccn1)c1ccc(N2CCc3ccccc3C2)cn1. The normalized spacial score (nSPS) is 13.2. The first-order valence-electron chi connectivity index (χ1n) is 8.75. The number of amides is 1. The molecule has 0 saturated carbocycles. The molecule has 5 heteroatoms. The molecule has 5 nitrogen and oxygen atoms in total. The number of hydrogen-bond donors (Lipinski definition) is 1. The van der Waals surface area contributed by atoms with Crippen LogP contribution in [0.2, 0.25) is 0 Å². The lowest BCUT2D eigenvalue weighted by atomic mass is 10.00. The molecule has 0 fully saturated rings. The highest BCUT2D eigenvalue weighted by Crippen LogP contribution is 2.23. The van der Waals surface area contributed by atoms with Crippen molar-refractivity contribution in [2.75, 3.05) is 11.4 Å². The van der Waals surface area contributed by atoms with Crippen molar-refractivity contribution in [1.82, 2.24) is 15.3 Å². The Morgan fingerprint density at radius 2 is 1.85 bits per heavy atom. The van der Waals surface area contributed by atoms with Crippen LogP contribution in [0.5, 0.6) is 0 Å². The predicted octanol–water partition coefficient (Wildman–Crippen LogP) is 2.97. The molecule has 0 unspecified atom stereocenters. The zero-order chi connectivity index (χ0) is 17.8. The van der Waals surface area contributed by atoms with Gasteiger partial charge in [-0.2, -0.15) is 0 Å². The second kappa shape index (κ2) is 7.35. The molecule has 1 aromatic carbocycles. The summed E-state index contributed by atoms with van der Waals surface area (Å²) in [5.41, 5.74) is 5.06. The summed E-state index contributed by atoms with van der Waals surface area (Å²) >= 11 is 0. The summed E-state index contributed by atoms with van der Waals surface area (Å²) in [4.78, 5) is 23.1. The van der Waals surface area contributed by atoms with Gasteiger partial charge in [0.25, 0.3) is 5.91 Å². The number of nitrogens with zero attached hydrogens (tertiary/aromatic N) is 3. The molecule has 0 spiro atoms. The third-order valence-corrected chi connectivity index (χ3v) is 4.63. The summed E-state index contributed by atoms with van der Waals surface area (Å²) in [6, 6.07) is 17.9. The molecule has 1 aliphatic rings. The first-order valence-corrected chi connectivity index (χ1v) is 8.75. The molecule has 0 aliphatic carbocycles. The maximum absolute atomic E-state index is 12.3. The molecule has 1 amide bonds. The first-order chi connectivity index (χ1) is 12.8. The number of pyridine rings is 2. The van der Waals surface area contributed by atoms with Gasteiger partial charge in [0.05, 0.1) is 24.1 Å². The van der Waals surface area contributed by atoms with Gasteiger partial charge in [0.1, 0.15) is 5.69 Å². The van der Waals surface area contributed by atoms with Crippen molar-refractivity contribution in [1.29, 1.82) is 0 Å². The Morgan fingerprint density at radius 1 is 1.00 bits per heavy atom. The second-order valence-corrected chi connectivity index (χ2v) is 6.35. The zero-order valence-electron chi connectivity index (χ0n) is 14.4. The van der Waals surface area contributed by atoms with E-state index in [9.17, 15) is 4.79 Å². The van der Waals surface area contributed by atoms with Crippen LogP contribution in [-0.4, -0.2) is 22.4 Å². The van der Waals surface area contributed by atoms with Crippen molar-refractivity contribution >= 4 is 11.6 Å². The van der Waals surface area contributed by atoms with Crippen LogP contribution in [0.1, 0.15) is 27.3 Å². The Labute approximate surface area is 152 Å². The van der Waals surface area contributed by atoms with Gasteiger partial charge < -0.3 is 10.2 Å². The minimum atomic E-state index is -0.189. The fourth-order valence-electron chi connectivity index (χ4n) is 3.19. The molecule has 1 aliphatic heterocycles. The fraction of sp³-hybridized carbons (Fsp3) is 0.190. The Hall–Kier alpha value is -3.21. The average Bonchev–Trinajstić information content (AvgIpc) is 2.72. The Balaban J connectivity index is 1.40. The predicted molar refractivity (Wildman–Crippen MR) is 101 cm³/mol. The van der Waals surface area contributed by atoms with Crippen molar-refractivity contribution in [2.24, 2.45) is 0 Å². The van der Waals surface area contributed by atoms with Crippen molar-refractivity contribution in [3.63, 3.8) is 0 Å². The van der Waals surface area contributed by atoms with Crippen LogP contribution < -0.4 is 10.2 Å². The van der Waals surface area contributed by atoms with E-state index in [4.69, 9.17) is 0 Å². The molecule has 1 N–H and O–H groups in total. The van der Waals surface area contributed by atoms with Crippen LogP contribution in [0, 0.1) is 0 Å². The Bertz CT molecular complexity index is 893. The molecule has 2 aromatic heterocycles. The third kappa shape index (κ3) is 3.57. The monoisotopic (exact) mass is 344 g/mol. The first kappa shape index (κ1) is 16.3. The van der Waals surface area contributed by atoms with Crippen LogP contribution in [0.3, 0.4) is 0 Å². The van der Waals surface area contributed by atoms with E-state index in [1.807, 2.05) is 24.3 Å². The van der Waals surface area contributed by atoms with Crippen molar-refractivity contribution in [2.45, 2.75) is 19.5 Å². The van der Waals surface area contributed by atoms with Crippen LogP contribution in [0.15, 0.2) is 67.0 Å². The maximum Gasteiger partial charge on any atom is 0.270 e. The fourth-order valence-corrected chi connectivity index (χ4v) is 3.19. The molecule has 130 valence electrons. The average molecular weight is 344 g/mol. The van der Waals surface area contributed by atoms with Gasteiger partial charge >= 0.3 is 0 Å². The molecule has 4 rings (SSSR count). The molecule has 26 heavy (non-hydrogen) atoms. The minimum Gasteiger partial charge on any atom is -0.366 e. The quantitative estimate of drug-likeness (QED) is 0.790. The molecular formula is C21H20N4O. The molecule has 3 aromatic rings. The standard InChI is InChI=1S/C21H20N4O/c26-21(24-13-18-7-3-4-11-22-18)20-9-8-19(14-23-20)25-12-10-16-5-1-2-6-17(16)15-25/h1-9,11,14H,10,12-13,15H2,(H,24,26). The van der Waals surface area contributed by atoms with E-state index in [1.54, 1.807) is 18.5 Å². The highest BCUT2D eigenvalue weighted by molar-refractivity contribution is 5.92. The number of carbonyl (C=O) groups excluding carboxylic acids is 1. The Morgan fingerprint density at radius 3 is 2.62 bits per heavy atom. The zero-order valence-corrected chi connectivity index (χ0v) is 14.4. The van der Waals surface area contributed by atoms with Crippen LogP contribution >= 0.6 is 0 Å². The maximum atomic E-state index is 12.3. The number of nitrogens with one attached hydrogen (secondary N) is 1. The summed E-state index contributed by atoms with van der Waals surface area (Å²) in [5.74, 6) is -0.189. The van der Waals surface area contributed by atoms with E-state index in [0.29, 0.717) is 12.2 Å². The highest BCUT2D eigenvalue weighted by Gasteiger charge is 2.17. The Kier molecular flexibility index (Phi) is 4.60. The summed E-state index contributed by atoms with van der Waals surface area (Å²) in [6.07, 6.45) is 4.53. The van der Waals surface area contributed by atoms with E-state index in [0.717, 1.165) is 30.9 Å². The molecule has 0 atom stereocenters. The number of carbonyl (C=O) groups is 1. The molecule has 3 heterocycles. The lowest BCUT2D eigenvalue weighted by Crippen LogP contribution is -2.30. The van der Waals surface area contributed by atoms with Crippen LogP contribution in [-0.2, 0) is 19.5 Å². The van der Waals surface area contributed by atoms with Gasteiger partial charge in [-0.3, -0.25) is 9.78 Å². The number of hydrogen-bond acceptors (Lipinski definition) is 4. The number of aromatic nitrogens is 2. The van der Waals surface area contributed by atoms with Crippen molar-refractivity contribution in [3.05, 3.63) is 89.5 Å². The summed E-state index contributed by atoms with van der Waals surface area (Å²) < 4.78 is 0. The number of fused-ring (bicyclic) bond motifs is 1. The number of anilines is 1. The molecular weight excluding hydrogens is 324 g/mol. The summed E-state index contributed by atoms with van der Waals surface area (Å²) in [6.45, 7) is 2.24. The summed E-state index contributed by atoms with van der Waals surface area (Å²) in [5, 5.41) is 2.85. The van der Waals surface area contributed by atoms with Crippen LogP contribution in [0.4, 0.5) is 5.69 Å². The minimum absolute atomic E-state index is 0.189. The topological polar surface area (TPSA) is 58.1 Å². The lowest BCUT2D eigenvalue weighted by molar-refractivity contribution is 0.0945. The van der Waals surface area contributed by atoms with E-state index >= 15 is 0 Å². The van der Waals surface area contributed by atoms with Gasteiger partial charge in [0.15, 0.2) is 0 Å². The highest BCUT2D eigenvalue weighted by atomic mass is 16.1. The second-order valence-electron chi connectivity index (χ2n) is 6.35. The number of rotatable bonds is 4. The van der Waals surface area contributed by atoms with Crippen molar-refractivity contribution < 1.29 is 4.79 Å². The van der Waals surface area contributed by atoms with Gasteiger partial charge in [-0.15, -0.1) is 0 Å². The van der Waals surface area contributed by atoms with Gasteiger partial charge in [-0.25, -0.2) is 4.98 Å². The van der Waals surface area contributed by atoms with Crippen molar-refractivity contribution in [3.8, 4) is 0 Å². The van der Waals surface area contributed by atoms with E-state index in [-0.39, 0.29) is 5.91 Å². The number of benzene rings is 1. The largest absolute Gasteiger partial charge is 0.366 e. The van der Waals surface area contributed by atoms with Gasteiger partial charge in [-0.1, -0.05) is 30.3 Å². The smallest absolute Gasteiger partial charge is 0.270 e. The van der Waals surface area contributed by atoms with Gasteiger partial charge in [0.2, 0.25) is 0 Å². The van der Waals surface area contributed by atoms with E-state index < -0.39 is 0 Å². The molecule has 0 radical (unpaired) electrons. The third-order valence-electron chi connectivity index (χ3n) is 4.63. The van der Waals surface area contributed by atoms with Gasteiger partial charge in [0, 0.05) is 19.3 Å². The molecule has 0 saturated heterocycles.